The van der Waals surface area contributed by atoms with Crippen molar-refractivity contribution in [3.63, 3.8) is 0 Å². The smallest absolute Gasteiger partial charge is 0.218 e. The van der Waals surface area contributed by atoms with Crippen LogP contribution in [0.15, 0.2) is 42.0 Å². The Balaban J connectivity index is 2.65. The van der Waals surface area contributed by atoms with Gasteiger partial charge in [0.15, 0.2) is 0 Å². The molecule has 18 heavy (non-hydrogen) atoms. The van der Waals surface area contributed by atoms with E-state index in [0.29, 0.717) is 4.64 Å². The van der Waals surface area contributed by atoms with Gasteiger partial charge in [0.25, 0.3) is 0 Å². The first-order valence-electron chi connectivity index (χ1n) is 6.28. The Morgan fingerprint density at radius 2 is 2.39 bits per heavy atom. The summed E-state index contributed by atoms with van der Waals surface area (Å²) in [5.74, 6) is 0.740. The standard InChI is InChI=1S/C14H20N2OS/c1-3-5-7-11-15-13(9-4-2)17-16-12-8-6-10-14(16)18/h3,6,8,10,12H,1,4-5,7,9,11H2,2H3. The molecule has 1 heterocycles. The minimum absolute atomic E-state index is 0.646. The molecule has 3 nitrogen and oxygen atoms in total. The van der Waals surface area contributed by atoms with E-state index < -0.39 is 0 Å². The third-order valence-corrected chi connectivity index (χ3v) is 2.63. The van der Waals surface area contributed by atoms with E-state index in [-0.39, 0.29) is 0 Å². The zero-order valence-corrected chi connectivity index (χ0v) is 11.7. The van der Waals surface area contributed by atoms with Crippen LogP contribution in [0.3, 0.4) is 0 Å². The Kier molecular flexibility index (Phi) is 7.03. The summed E-state index contributed by atoms with van der Waals surface area (Å²) in [4.78, 5) is 10.2. The molecule has 0 atom stereocenters. The van der Waals surface area contributed by atoms with Gasteiger partial charge in [0, 0.05) is 19.2 Å². The normalized spacial score (nSPS) is 11.3. The highest BCUT2D eigenvalue weighted by Gasteiger charge is 2.01. The molecule has 0 unspecified atom stereocenters. The van der Waals surface area contributed by atoms with Crippen molar-refractivity contribution in [1.29, 1.82) is 0 Å². The van der Waals surface area contributed by atoms with Crippen LogP contribution in [0, 0.1) is 4.64 Å². The highest BCUT2D eigenvalue weighted by atomic mass is 32.1. The van der Waals surface area contributed by atoms with Gasteiger partial charge in [-0.3, -0.25) is 4.99 Å². The number of aromatic nitrogens is 1. The van der Waals surface area contributed by atoms with Crippen molar-refractivity contribution in [3.8, 4) is 0 Å². The van der Waals surface area contributed by atoms with Gasteiger partial charge in [-0.25, -0.2) is 0 Å². The second-order valence-corrected chi connectivity index (χ2v) is 4.33. The van der Waals surface area contributed by atoms with E-state index in [9.17, 15) is 0 Å². The second-order valence-electron chi connectivity index (χ2n) is 3.91. The lowest BCUT2D eigenvalue weighted by Gasteiger charge is -2.10. The summed E-state index contributed by atoms with van der Waals surface area (Å²) < 4.78 is 2.23. The molecule has 0 aliphatic heterocycles. The first-order valence-corrected chi connectivity index (χ1v) is 6.69. The Bertz CT molecular complexity index is 451. The number of aliphatic imine (C=N–C) groups is 1. The van der Waals surface area contributed by atoms with Crippen LogP contribution < -0.4 is 4.84 Å². The van der Waals surface area contributed by atoms with Gasteiger partial charge in [0.1, 0.15) is 4.64 Å². The van der Waals surface area contributed by atoms with Crippen LogP contribution in [0.4, 0.5) is 0 Å². The summed E-state index contributed by atoms with van der Waals surface area (Å²) in [6.45, 7) is 6.56. The van der Waals surface area contributed by atoms with Crippen molar-refractivity contribution in [3.05, 3.63) is 41.7 Å². The first-order chi connectivity index (χ1) is 8.77. The quantitative estimate of drug-likeness (QED) is 0.246. The zero-order chi connectivity index (χ0) is 13.2. The van der Waals surface area contributed by atoms with Gasteiger partial charge in [-0.1, -0.05) is 31.3 Å². The lowest BCUT2D eigenvalue weighted by atomic mass is 10.3. The van der Waals surface area contributed by atoms with Crippen LogP contribution in [0.5, 0.6) is 0 Å². The molecule has 0 saturated carbocycles. The minimum atomic E-state index is 0.646. The van der Waals surface area contributed by atoms with Gasteiger partial charge in [0.2, 0.25) is 5.90 Å². The van der Waals surface area contributed by atoms with Gasteiger partial charge >= 0.3 is 0 Å². The van der Waals surface area contributed by atoms with E-state index in [1.165, 1.54) is 0 Å². The number of unbranched alkanes of at least 4 members (excludes halogenated alkanes) is 1. The van der Waals surface area contributed by atoms with Crippen LogP contribution in [0.2, 0.25) is 0 Å². The van der Waals surface area contributed by atoms with E-state index in [0.717, 1.165) is 38.1 Å². The van der Waals surface area contributed by atoms with Crippen molar-refractivity contribution in [2.45, 2.75) is 32.6 Å². The third kappa shape index (κ3) is 5.27. The molecule has 1 aromatic rings. The van der Waals surface area contributed by atoms with E-state index in [1.807, 2.05) is 24.3 Å². The molecule has 0 N–H and O–H groups in total. The molecule has 1 aromatic heterocycles. The topological polar surface area (TPSA) is 26.5 Å². The summed E-state index contributed by atoms with van der Waals surface area (Å²) in [7, 11) is 0. The molecular weight excluding hydrogens is 244 g/mol. The predicted molar refractivity (Wildman–Crippen MR) is 78.5 cm³/mol. The van der Waals surface area contributed by atoms with Crippen molar-refractivity contribution in [2.75, 3.05) is 6.54 Å². The molecule has 0 aromatic carbocycles. The molecule has 0 aliphatic rings. The van der Waals surface area contributed by atoms with E-state index in [1.54, 1.807) is 10.9 Å². The van der Waals surface area contributed by atoms with Crippen molar-refractivity contribution < 1.29 is 4.84 Å². The van der Waals surface area contributed by atoms with Gasteiger partial charge in [-0.05, 0) is 31.4 Å². The molecule has 1 rings (SSSR count). The van der Waals surface area contributed by atoms with E-state index >= 15 is 0 Å². The number of nitrogens with zero attached hydrogens (tertiary/aromatic N) is 2. The third-order valence-electron chi connectivity index (χ3n) is 2.31. The molecule has 0 bridgehead atoms. The van der Waals surface area contributed by atoms with Gasteiger partial charge in [-0.15, -0.1) is 6.58 Å². The van der Waals surface area contributed by atoms with Gasteiger partial charge in [-0.2, -0.15) is 4.73 Å². The van der Waals surface area contributed by atoms with Crippen molar-refractivity contribution >= 4 is 18.1 Å². The Morgan fingerprint density at radius 1 is 1.56 bits per heavy atom. The van der Waals surface area contributed by atoms with Crippen molar-refractivity contribution in [1.82, 2.24) is 4.73 Å². The van der Waals surface area contributed by atoms with Crippen LogP contribution >= 0.6 is 12.2 Å². The second kappa shape index (κ2) is 8.64. The maximum Gasteiger partial charge on any atom is 0.218 e. The van der Waals surface area contributed by atoms with Crippen molar-refractivity contribution in [2.24, 2.45) is 4.99 Å². The van der Waals surface area contributed by atoms with Crippen LogP contribution in [-0.2, 0) is 0 Å². The number of hydrogen-bond acceptors (Lipinski definition) is 3. The molecule has 0 spiro atoms. The summed E-state index contributed by atoms with van der Waals surface area (Å²) >= 11 is 5.18. The maximum atomic E-state index is 5.70. The van der Waals surface area contributed by atoms with Crippen LogP contribution in [0.1, 0.15) is 32.6 Å². The fraction of sp³-hybridized carbons (Fsp3) is 0.429. The monoisotopic (exact) mass is 264 g/mol. The Hall–Kier alpha value is -1.42. The van der Waals surface area contributed by atoms with Crippen LogP contribution in [0.25, 0.3) is 0 Å². The Labute approximate surface area is 114 Å². The summed E-state index contributed by atoms with van der Waals surface area (Å²) in [5, 5.41) is 0. The first kappa shape index (κ1) is 14.6. The molecule has 0 saturated heterocycles. The summed E-state index contributed by atoms with van der Waals surface area (Å²) in [6.07, 6.45) is 7.51. The average Bonchev–Trinajstić information content (AvgIpc) is 2.37. The summed E-state index contributed by atoms with van der Waals surface area (Å²) in [5.41, 5.74) is 0. The molecule has 4 heteroatoms. The largest absolute Gasteiger partial charge is 0.359 e. The van der Waals surface area contributed by atoms with Crippen LogP contribution in [-0.4, -0.2) is 17.2 Å². The predicted octanol–water partition coefficient (Wildman–Crippen LogP) is 3.81. The number of rotatable bonds is 7. The number of allylic oxidation sites excluding steroid dienone is 1. The summed E-state index contributed by atoms with van der Waals surface area (Å²) in [6, 6.07) is 5.61. The van der Waals surface area contributed by atoms with E-state index in [2.05, 4.69) is 18.5 Å². The van der Waals surface area contributed by atoms with Gasteiger partial charge < -0.3 is 4.84 Å². The molecular formula is C14H20N2OS. The lowest BCUT2D eigenvalue weighted by Crippen LogP contribution is -2.20. The molecule has 0 radical (unpaired) electrons. The highest BCUT2D eigenvalue weighted by Crippen LogP contribution is 1.98. The lowest BCUT2D eigenvalue weighted by molar-refractivity contribution is 0.246. The minimum Gasteiger partial charge on any atom is -0.359 e. The average molecular weight is 264 g/mol. The number of hydrogen-bond donors (Lipinski definition) is 0. The zero-order valence-electron chi connectivity index (χ0n) is 10.8. The maximum absolute atomic E-state index is 5.70. The number of pyridine rings is 1. The van der Waals surface area contributed by atoms with E-state index in [4.69, 9.17) is 17.1 Å². The van der Waals surface area contributed by atoms with Gasteiger partial charge in [0.05, 0.1) is 0 Å². The molecule has 0 fully saturated rings. The fourth-order valence-electron chi connectivity index (χ4n) is 1.41. The Morgan fingerprint density at radius 3 is 3.06 bits per heavy atom. The highest BCUT2D eigenvalue weighted by molar-refractivity contribution is 7.71. The fourth-order valence-corrected chi connectivity index (χ4v) is 1.59. The molecule has 98 valence electrons. The SMILES string of the molecule is C=CCCCN=C(CCC)On1ccccc1=S. The molecule has 0 amide bonds. The molecule has 0 aliphatic carbocycles.